The van der Waals surface area contributed by atoms with Crippen molar-refractivity contribution in [3.05, 3.63) is 63.0 Å². The van der Waals surface area contributed by atoms with Crippen molar-refractivity contribution in [3.8, 4) is 5.75 Å². The maximum Gasteiger partial charge on any atom is 0.352 e. The zero-order valence-corrected chi connectivity index (χ0v) is 28.8. The number of thioether (sulfide) groups is 1. The van der Waals surface area contributed by atoms with Crippen LogP contribution in [0.5, 0.6) is 5.75 Å². The second kappa shape index (κ2) is 15.5. The molecule has 1 unspecified atom stereocenters. The number of carboxylic acids is 2. The first-order valence-electron chi connectivity index (χ1n) is 15.3. The van der Waals surface area contributed by atoms with Gasteiger partial charge in [0.15, 0.2) is 28.2 Å². The summed E-state index contributed by atoms with van der Waals surface area (Å²) < 4.78 is 1.94. The minimum Gasteiger partial charge on any atom is -0.503 e. The van der Waals surface area contributed by atoms with E-state index in [0.717, 1.165) is 28.5 Å². The number of pyridine rings is 1. The van der Waals surface area contributed by atoms with Gasteiger partial charge in [0.1, 0.15) is 35.5 Å². The highest BCUT2D eigenvalue weighted by Crippen LogP contribution is 2.45. The third kappa shape index (κ3) is 7.96. The van der Waals surface area contributed by atoms with E-state index < -0.39 is 58.0 Å². The number of β-lactam (4-membered cyclic amide) rings is 1. The Morgan fingerprint density at radius 1 is 1.23 bits per heavy atom. The second-order valence-electron chi connectivity index (χ2n) is 11.5. The van der Waals surface area contributed by atoms with E-state index in [-0.39, 0.29) is 71.9 Å². The molecule has 0 aromatic carbocycles. The Bertz CT molecular complexity index is 2080. The van der Waals surface area contributed by atoms with Gasteiger partial charge in [-0.25, -0.2) is 19.1 Å². The van der Waals surface area contributed by atoms with Gasteiger partial charge in [0.2, 0.25) is 17.4 Å². The van der Waals surface area contributed by atoms with Crippen molar-refractivity contribution >= 4 is 74.9 Å². The SMILES string of the molecule is C[C@H](O/N=C(\C(=O)C[C@@H]1C(=O)N2C(C(=O)O)=C(C[n+]3cnc(N)c(NCCCC(=O)c4cc(=O)c(O)cn4O)c3)CSC12)c1csc(N)n1)C(=O)O. The van der Waals surface area contributed by atoms with Crippen molar-refractivity contribution in [2.45, 2.75) is 44.2 Å². The number of anilines is 3. The number of oxime groups is 1. The predicted octanol–water partition coefficient (Wildman–Crippen LogP) is -0.107. The number of nitrogens with two attached hydrogens (primary N) is 2. The van der Waals surface area contributed by atoms with E-state index in [9.17, 15) is 44.2 Å². The molecule has 0 radical (unpaired) electrons. The number of aromatic nitrogens is 4. The number of nitrogens with zero attached hydrogens (tertiary/aromatic N) is 6. The fourth-order valence-corrected chi connectivity index (χ4v) is 7.24. The van der Waals surface area contributed by atoms with Gasteiger partial charge in [-0.15, -0.1) is 23.1 Å². The number of Topliss-reactive ketones (excluding diaryl/α,β-unsaturated/α-hetero) is 2. The number of amides is 1. The molecule has 0 bridgehead atoms. The van der Waals surface area contributed by atoms with Crippen molar-refractivity contribution < 1.29 is 53.9 Å². The number of fused-ring (bicyclic) bond motifs is 1. The van der Waals surface area contributed by atoms with Gasteiger partial charge in [-0.3, -0.25) is 24.1 Å². The summed E-state index contributed by atoms with van der Waals surface area (Å²) in [6, 6.07) is 0.835. The summed E-state index contributed by atoms with van der Waals surface area (Å²) in [5, 5.41) is 46.1. The van der Waals surface area contributed by atoms with E-state index in [4.69, 9.17) is 21.4 Å². The Morgan fingerprint density at radius 2 is 1.98 bits per heavy atom. The molecule has 5 rings (SSSR count). The molecule has 1 amide bonds. The molecule has 3 aromatic rings. The van der Waals surface area contributed by atoms with Crippen LogP contribution in [0.25, 0.3) is 0 Å². The van der Waals surface area contributed by atoms with Crippen LogP contribution >= 0.6 is 23.1 Å². The van der Waals surface area contributed by atoms with Gasteiger partial charge in [-0.1, -0.05) is 5.16 Å². The molecule has 2 aliphatic heterocycles. The quantitative estimate of drug-likeness (QED) is 0.0191. The number of ketones is 2. The van der Waals surface area contributed by atoms with Crippen LogP contribution in [0.15, 0.2) is 51.4 Å². The second-order valence-corrected chi connectivity index (χ2v) is 13.5. The first-order valence-corrected chi connectivity index (χ1v) is 17.3. The van der Waals surface area contributed by atoms with Gasteiger partial charge in [0, 0.05) is 42.2 Å². The predicted molar refractivity (Wildman–Crippen MR) is 183 cm³/mol. The summed E-state index contributed by atoms with van der Waals surface area (Å²) in [6.07, 6.45) is 2.14. The lowest BCUT2D eigenvalue weighted by atomic mass is 9.89. The first-order chi connectivity index (χ1) is 24.7. The molecule has 0 saturated carbocycles. The lowest BCUT2D eigenvalue weighted by molar-refractivity contribution is -0.691. The van der Waals surface area contributed by atoms with Crippen LogP contribution in [0.4, 0.5) is 16.6 Å². The molecule has 274 valence electrons. The zero-order chi connectivity index (χ0) is 37.9. The Hall–Kier alpha value is -6.03. The number of carbonyl (C=O) groups excluding carboxylic acids is 3. The highest BCUT2D eigenvalue weighted by molar-refractivity contribution is 8.00. The minimum absolute atomic E-state index is 0.0191. The van der Waals surface area contributed by atoms with Crippen molar-refractivity contribution in [1.29, 1.82) is 0 Å². The number of nitrogen functional groups attached to an aromatic ring is 2. The normalized spacial score (nSPS) is 17.6. The van der Waals surface area contributed by atoms with Crippen molar-refractivity contribution in [3.63, 3.8) is 0 Å². The van der Waals surface area contributed by atoms with Gasteiger partial charge >= 0.3 is 11.9 Å². The van der Waals surface area contributed by atoms with Crippen LogP contribution in [-0.2, 0) is 30.6 Å². The van der Waals surface area contributed by atoms with Crippen LogP contribution < -0.4 is 26.8 Å². The lowest BCUT2D eigenvalue weighted by Crippen LogP contribution is -2.62. The number of aliphatic carboxylic acids is 2. The Morgan fingerprint density at radius 3 is 2.65 bits per heavy atom. The van der Waals surface area contributed by atoms with Crippen LogP contribution in [0, 0.1) is 5.92 Å². The van der Waals surface area contributed by atoms with Gasteiger partial charge < -0.3 is 42.1 Å². The van der Waals surface area contributed by atoms with Gasteiger partial charge in [0.25, 0.3) is 12.1 Å². The summed E-state index contributed by atoms with van der Waals surface area (Å²) in [5.74, 6) is -5.77. The maximum atomic E-state index is 13.4. The molecule has 2 aliphatic rings. The van der Waals surface area contributed by atoms with Crippen LogP contribution in [-0.4, -0.2) is 99.0 Å². The Kier molecular flexibility index (Phi) is 11.1. The number of hydrogen-bond donors (Lipinski definition) is 7. The fraction of sp³-hybridized carbons (Fsp3) is 0.333. The van der Waals surface area contributed by atoms with E-state index >= 15 is 0 Å². The molecule has 52 heavy (non-hydrogen) atoms. The highest BCUT2D eigenvalue weighted by atomic mass is 32.2. The number of thiazole rings is 1. The summed E-state index contributed by atoms with van der Waals surface area (Å²) in [4.78, 5) is 88.8. The number of carboxylic acid groups (broad SMARTS) is 2. The smallest absolute Gasteiger partial charge is 0.352 e. The number of aromatic hydroxyl groups is 1. The summed E-state index contributed by atoms with van der Waals surface area (Å²) >= 11 is 2.29. The molecule has 1 fully saturated rings. The lowest BCUT2D eigenvalue weighted by Gasteiger charge is -2.49. The summed E-state index contributed by atoms with van der Waals surface area (Å²) in [7, 11) is 0. The maximum absolute atomic E-state index is 13.4. The van der Waals surface area contributed by atoms with Crippen LogP contribution in [0.3, 0.4) is 0 Å². The monoisotopic (exact) mass is 758 g/mol. The third-order valence-corrected chi connectivity index (χ3v) is 10.00. The summed E-state index contributed by atoms with van der Waals surface area (Å²) in [5.41, 5.74) is 10.9. The molecule has 9 N–H and O–H groups in total. The van der Waals surface area contributed by atoms with Crippen LogP contribution in [0.2, 0.25) is 0 Å². The van der Waals surface area contributed by atoms with E-state index in [1.807, 2.05) is 0 Å². The standard InChI is InChI=1S/C30H31N9O11S2/c1-13(28(45)46)50-36-23(17-11-52-30(32)35-17)21(42)5-15-26(44)39-24(29(47)48)14(10-51-27(15)39)7-37-8-16(25(31)34-12-37)33-4-2-3-19(40)18-6-20(41)22(43)9-38(18)49/h6,8-9,11-13,15,27,31,33,49H,2-5,7,10H2,1H3,(H5,32,35,43,45,46,47,48)/p+1/b36-23-/t13-,15+,27?/m0/s1. The molecule has 3 atom stereocenters. The van der Waals surface area contributed by atoms with E-state index in [1.54, 1.807) is 10.8 Å². The molecule has 0 spiro atoms. The van der Waals surface area contributed by atoms with Gasteiger partial charge in [0.05, 0.1) is 17.5 Å². The summed E-state index contributed by atoms with van der Waals surface area (Å²) in [6.45, 7) is 1.46. The third-order valence-electron chi connectivity index (χ3n) is 7.93. The molecule has 3 aromatic heterocycles. The molecular formula is C30H32N9O11S2+. The largest absolute Gasteiger partial charge is 0.503 e. The number of hydrogen-bond acceptors (Lipinski definition) is 17. The molecular weight excluding hydrogens is 727 g/mol. The number of rotatable bonds is 16. The molecule has 5 heterocycles. The number of carbonyl (C=O) groups is 5. The average Bonchev–Trinajstić information content (AvgIpc) is 3.53. The topological polar surface area (TPSA) is 307 Å². The first kappa shape index (κ1) is 37.2. The molecule has 0 aliphatic carbocycles. The van der Waals surface area contributed by atoms with Gasteiger partial charge in [-0.2, -0.15) is 4.73 Å². The number of nitrogens with one attached hydrogen (secondary N) is 1. The Labute approximate surface area is 301 Å². The minimum atomic E-state index is -1.38. The van der Waals surface area contributed by atoms with Crippen molar-refractivity contribution in [1.82, 2.24) is 19.6 Å². The zero-order valence-electron chi connectivity index (χ0n) is 27.2. The average molecular weight is 759 g/mol. The van der Waals surface area contributed by atoms with Gasteiger partial charge in [-0.05, 0) is 18.3 Å². The highest BCUT2D eigenvalue weighted by Gasteiger charge is 2.54. The van der Waals surface area contributed by atoms with E-state index in [2.05, 4.69) is 20.4 Å². The Balaban J connectivity index is 1.24. The molecule has 20 nitrogen and oxygen atoms in total. The van der Waals surface area contributed by atoms with Crippen molar-refractivity contribution in [2.24, 2.45) is 11.1 Å². The van der Waals surface area contributed by atoms with E-state index in [0.29, 0.717) is 16.0 Å². The van der Waals surface area contributed by atoms with Crippen molar-refractivity contribution in [2.75, 3.05) is 29.1 Å². The molecule has 1 saturated heterocycles. The van der Waals surface area contributed by atoms with E-state index in [1.165, 1.54) is 30.4 Å². The fourth-order valence-electron chi connectivity index (χ4n) is 5.29. The van der Waals surface area contributed by atoms with Crippen LogP contribution in [0.1, 0.15) is 42.4 Å². The molecule has 22 heteroatoms.